The Morgan fingerprint density at radius 1 is 1.50 bits per heavy atom. The van der Waals surface area contributed by atoms with Crippen LogP contribution in [-0.2, 0) is 4.79 Å². The van der Waals surface area contributed by atoms with Crippen LogP contribution in [0.4, 0.5) is 5.82 Å². The van der Waals surface area contributed by atoms with Gasteiger partial charge in [0.25, 0.3) is 0 Å². The number of carboxylic acids is 1. The molecule has 3 N–H and O–H groups in total. The Kier molecular flexibility index (Phi) is 5.37. The van der Waals surface area contributed by atoms with Crippen LogP contribution in [0.5, 0.6) is 0 Å². The second-order valence-corrected chi connectivity index (χ2v) is 2.43. The topological polar surface area (TPSA) is 93.3 Å². The average Bonchev–Trinajstić information content (AvgIpc) is 2.03. The van der Waals surface area contributed by atoms with E-state index < -0.39 is 18.2 Å². The zero-order chi connectivity index (χ0) is 9.84. The van der Waals surface area contributed by atoms with E-state index in [4.69, 9.17) is 10.8 Å². The van der Waals surface area contributed by atoms with Crippen molar-refractivity contribution in [1.82, 2.24) is 4.98 Å². The quantitative estimate of drug-likeness (QED) is 0.399. The number of nitrogens with zero attached hydrogens (tertiary/aromatic N) is 1. The number of hydrogen-bond donors (Lipinski definition) is 2. The molecule has 0 saturated heterocycles. The molecule has 0 atom stereocenters. The van der Waals surface area contributed by atoms with Crippen LogP contribution in [0.15, 0.2) is 18.3 Å². The predicted molar refractivity (Wildman–Crippen MR) is 52.4 cm³/mol. The number of carbonyl (C=O) groups is 2. The average molecular weight is 204 g/mol. The Labute approximate surface area is 103 Å². The van der Waals surface area contributed by atoms with Gasteiger partial charge in [-0.05, 0) is 12.1 Å². The van der Waals surface area contributed by atoms with E-state index in [1.165, 1.54) is 18.3 Å². The van der Waals surface area contributed by atoms with Crippen LogP contribution in [0.2, 0.25) is 0 Å². The molecule has 0 aromatic carbocycles. The van der Waals surface area contributed by atoms with E-state index in [0.29, 0.717) is 0 Å². The summed E-state index contributed by atoms with van der Waals surface area (Å²) < 4.78 is 0. The summed E-state index contributed by atoms with van der Waals surface area (Å²) >= 11 is 0. The van der Waals surface area contributed by atoms with Gasteiger partial charge in [-0.2, -0.15) is 0 Å². The van der Waals surface area contributed by atoms with E-state index in [0.717, 1.165) is 0 Å². The van der Waals surface area contributed by atoms with Crippen molar-refractivity contribution in [2.45, 2.75) is 6.42 Å². The zero-order valence-electron chi connectivity index (χ0n) is 6.73. The van der Waals surface area contributed by atoms with E-state index in [1.54, 1.807) is 0 Å². The maximum absolute atomic E-state index is 11.2. The molecule has 1 rings (SSSR count). The second kappa shape index (κ2) is 5.74. The van der Waals surface area contributed by atoms with Gasteiger partial charge >= 0.3 is 35.5 Å². The SMILES string of the molecule is Nc1ncccc1C(=O)CC(=O)O.[NaH]. The molecule has 1 heterocycles. The van der Waals surface area contributed by atoms with Gasteiger partial charge in [0.05, 0.1) is 5.56 Å². The standard InChI is InChI=1S/C8H8N2O3.Na.H/c9-8-5(2-1-3-10-8)6(11)4-7(12)13;;/h1-3H,4H2,(H2,9,10)(H,12,13);;. The zero-order valence-corrected chi connectivity index (χ0v) is 6.73. The fourth-order valence-electron chi connectivity index (χ4n) is 0.886. The Balaban J connectivity index is 0.00000169. The summed E-state index contributed by atoms with van der Waals surface area (Å²) in [6, 6.07) is 2.99. The minimum absolute atomic E-state index is 0. The number of hydrogen-bond acceptors (Lipinski definition) is 4. The molecule has 0 bridgehead atoms. The molecule has 14 heavy (non-hydrogen) atoms. The first kappa shape index (κ1) is 13.1. The third-order valence-corrected chi connectivity index (χ3v) is 1.45. The van der Waals surface area contributed by atoms with Crippen molar-refractivity contribution in [1.29, 1.82) is 0 Å². The Morgan fingerprint density at radius 3 is 2.64 bits per heavy atom. The number of nitrogen functional groups attached to an aromatic ring is 1. The number of rotatable bonds is 3. The van der Waals surface area contributed by atoms with Gasteiger partial charge in [-0.1, -0.05) is 0 Å². The van der Waals surface area contributed by atoms with Gasteiger partial charge < -0.3 is 10.8 Å². The number of carbonyl (C=O) groups excluding carboxylic acids is 1. The number of carboxylic acid groups (broad SMARTS) is 1. The van der Waals surface area contributed by atoms with Crippen molar-refractivity contribution in [3.8, 4) is 0 Å². The fraction of sp³-hybridized carbons (Fsp3) is 0.125. The molecule has 0 spiro atoms. The minimum atomic E-state index is -1.17. The van der Waals surface area contributed by atoms with Crippen LogP contribution >= 0.6 is 0 Å². The van der Waals surface area contributed by atoms with Gasteiger partial charge in [-0.3, -0.25) is 9.59 Å². The Hall–Kier alpha value is -0.910. The van der Waals surface area contributed by atoms with Crippen LogP contribution in [0.25, 0.3) is 0 Å². The first-order valence-electron chi connectivity index (χ1n) is 3.56. The van der Waals surface area contributed by atoms with E-state index in [1.807, 2.05) is 0 Å². The molecule has 0 radical (unpaired) electrons. The number of Topliss-reactive ketones (excluding diaryl/α,β-unsaturated/α-hetero) is 1. The summed E-state index contributed by atoms with van der Waals surface area (Å²) in [6.07, 6.45) is 0.878. The first-order chi connectivity index (χ1) is 6.11. The van der Waals surface area contributed by atoms with Gasteiger partial charge in [0.1, 0.15) is 12.2 Å². The van der Waals surface area contributed by atoms with E-state index in [2.05, 4.69) is 4.98 Å². The molecular weight excluding hydrogens is 195 g/mol. The molecule has 0 fully saturated rings. The molecular formula is C8H9N2NaO3. The third-order valence-electron chi connectivity index (χ3n) is 1.45. The number of aromatic nitrogens is 1. The Bertz CT molecular complexity index is 354. The molecule has 0 aliphatic rings. The molecule has 5 nitrogen and oxygen atoms in total. The first-order valence-corrected chi connectivity index (χ1v) is 3.56. The molecule has 0 aliphatic carbocycles. The number of pyridine rings is 1. The van der Waals surface area contributed by atoms with Crippen molar-refractivity contribution in [2.75, 3.05) is 5.73 Å². The van der Waals surface area contributed by atoms with Gasteiger partial charge in [0.2, 0.25) is 0 Å². The van der Waals surface area contributed by atoms with Gasteiger partial charge in [0.15, 0.2) is 5.78 Å². The number of ketones is 1. The number of aliphatic carboxylic acids is 1. The predicted octanol–water partition coefficient (Wildman–Crippen LogP) is -0.327. The van der Waals surface area contributed by atoms with Crippen molar-refractivity contribution in [2.24, 2.45) is 0 Å². The number of anilines is 1. The van der Waals surface area contributed by atoms with Crippen molar-refractivity contribution in [3.05, 3.63) is 23.9 Å². The van der Waals surface area contributed by atoms with Crippen LogP contribution in [-0.4, -0.2) is 51.4 Å². The van der Waals surface area contributed by atoms with Gasteiger partial charge in [0, 0.05) is 6.20 Å². The van der Waals surface area contributed by atoms with Crippen LogP contribution < -0.4 is 5.73 Å². The molecule has 0 unspecified atom stereocenters. The summed E-state index contributed by atoms with van der Waals surface area (Å²) in [4.78, 5) is 25.1. The van der Waals surface area contributed by atoms with Crippen LogP contribution in [0, 0.1) is 0 Å². The summed E-state index contributed by atoms with van der Waals surface area (Å²) in [6.45, 7) is 0. The monoisotopic (exact) mass is 204 g/mol. The van der Waals surface area contributed by atoms with Crippen LogP contribution in [0.3, 0.4) is 0 Å². The summed E-state index contributed by atoms with van der Waals surface area (Å²) in [7, 11) is 0. The van der Waals surface area contributed by atoms with Crippen molar-refractivity contribution >= 4 is 47.1 Å². The number of nitrogens with two attached hydrogens (primary N) is 1. The van der Waals surface area contributed by atoms with Gasteiger partial charge in [-0.25, -0.2) is 4.98 Å². The molecule has 70 valence electrons. The summed E-state index contributed by atoms with van der Waals surface area (Å²) in [5.41, 5.74) is 5.53. The molecule has 0 aliphatic heterocycles. The maximum atomic E-state index is 11.2. The normalized spacial score (nSPS) is 8.86. The molecule has 0 saturated carbocycles. The second-order valence-electron chi connectivity index (χ2n) is 2.43. The van der Waals surface area contributed by atoms with Crippen LogP contribution in [0.1, 0.15) is 16.8 Å². The summed E-state index contributed by atoms with van der Waals surface area (Å²) in [5, 5.41) is 8.35. The van der Waals surface area contributed by atoms with Crippen molar-refractivity contribution < 1.29 is 14.7 Å². The molecule has 1 aromatic heterocycles. The van der Waals surface area contributed by atoms with E-state index >= 15 is 0 Å². The van der Waals surface area contributed by atoms with E-state index in [9.17, 15) is 9.59 Å². The molecule has 1 aromatic rings. The molecule has 0 amide bonds. The summed E-state index contributed by atoms with van der Waals surface area (Å²) in [5.74, 6) is -1.64. The third kappa shape index (κ3) is 3.45. The van der Waals surface area contributed by atoms with Gasteiger partial charge in [-0.15, -0.1) is 0 Å². The van der Waals surface area contributed by atoms with E-state index in [-0.39, 0.29) is 40.9 Å². The fourth-order valence-corrected chi connectivity index (χ4v) is 0.886. The Morgan fingerprint density at radius 2 is 2.14 bits per heavy atom. The molecule has 6 heteroatoms. The van der Waals surface area contributed by atoms with Crippen molar-refractivity contribution in [3.63, 3.8) is 0 Å².